The lowest BCUT2D eigenvalue weighted by atomic mass is 10.3. The summed E-state index contributed by atoms with van der Waals surface area (Å²) in [6.45, 7) is 0. The molecule has 0 saturated heterocycles. The predicted molar refractivity (Wildman–Crippen MR) is 54.5 cm³/mol. The summed E-state index contributed by atoms with van der Waals surface area (Å²) in [5.74, 6) is 0. The zero-order valence-corrected chi connectivity index (χ0v) is 7.90. The van der Waals surface area contributed by atoms with E-state index in [-0.39, 0.29) is 0 Å². The molecular formula is C8H9NS2. The van der Waals surface area contributed by atoms with Crippen LogP contribution in [0.1, 0.15) is 0 Å². The Bertz CT molecular complexity index is 286. The van der Waals surface area contributed by atoms with Crippen molar-refractivity contribution in [1.29, 1.82) is 0 Å². The molecule has 0 aliphatic carbocycles. The van der Waals surface area contributed by atoms with Crippen molar-refractivity contribution < 1.29 is 0 Å². The van der Waals surface area contributed by atoms with E-state index in [1.54, 1.807) is 17.6 Å². The number of hydrogen-bond donors (Lipinski definition) is 1. The zero-order valence-electron chi connectivity index (χ0n) is 6.19. The fraction of sp³-hybridized carbons (Fsp3) is 0.125. The van der Waals surface area contributed by atoms with Crippen LogP contribution in [0, 0.1) is 0 Å². The van der Waals surface area contributed by atoms with E-state index >= 15 is 0 Å². The number of hydrogen-bond acceptors (Lipinski definition) is 3. The fourth-order valence-corrected chi connectivity index (χ4v) is 1.48. The molecule has 0 N–H and O–H groups in total. The molecule has 3 heteroatoms. The minimum absolute atomic E-state index is 1.10. The van der Waals surface area contributed by atoms with E-state index in [1.165, 1.54) is 4.70 Å². The summed E-state index contributed by atoms with van der Waals surface area (Å²) in [5.41, 5.74) is 2.97. The van der Waals surface area contributed by atoms with Crippen molar-refractivity contribution in [3.8, 4) is 0 Å². The van der Waals surface area contributed by atoms with E-state index in [4.69, 9.17) is 0 Å². The Balaban J connectivity index is 0.000000281. The Kier molecular flexibility index (Phi) is 3.39. The van der Waals surface area contributed by atoms with Crippen molar-refractivity contribution in [2.45, 2.75) is 0 Å². The number of para-hydroxylation sites is 1. The first-order chi connectivity index (χ1) is 5.47. The average molecular weight is 183 g/mol. The third kappa shape index (κ3) is 1.94. The molecule has 58 valence electrons. The number of benzene rings is 1. The highest BCUT2D eigenvalue weighted by molar-refractivity contribution is 7.79. The maximum atomic E-state index is 4.14. The van der Waals surface area contributed by atoms with Crippen LogP contribution in [-0.2, 0) is 0 Å². The first-order valence-electron chi connectivity index (χ1n) is 3.20. The van der Waals surface area contributed by atoms with E-state index in [0.717, 1.165) is 5.52 Å². The van der Waals surface area contributed by atoms with E-state index in [0.29, 0.717) is 0 Å². The number of thiol groups is 1. The normalized spacial score (nSPS) is 8.91. The molecule has 2 rings (SSSR count). The van der Waals surface area contributed by atoms with E-state index < -0.39 is 0 Å². The maximum Gasteiger partial charge on any atom is 0.0812 e. The summed E-state index contributed by atoms with van der Waals surface area (Å²) < 4.78 is 1.26. The number of nitrogens with zero attached hydrogens (tertiary/aromatic N) is 1. The molecule has 0 aliphatic rings. The van der Waals surface area contributed by atoms with Crippen molar-refractivity contribution in [2.24, 2.45) is 0 Å². The van der Waals surface area contributed by atoms with Crippen LogP contribution in [0.4, 0.5) is 0 Å². The third-order valence-electron chi connectivity index (χ3n) is 1.24. The smallest absolute Gasteiger partial charge is 0.0812 e. The summed E-state index contributed by atoms with van der Waals surface area (Å²) in [7, 11) is 0. The second kappa shape index (κ2) is 4.36. The van der Waals surface area contributed by atoms with Crippen LogP contribution in [0.3, 0.4) is 0 Å². The van der Waals surface area contributed by atoms with Crippen molar-refractivity contribution in [2.75, 3.05) is 6.26 Å². The first-order valence-corrected chi connectivity index (χ1v) is 4.97. The molecule has 0 amide bonds. The second-order valence-corrected chi connectivity index (χ2v) is 2.71. The van der Waals surface area contributed by atoms with Crippen molar-refractivity contribution in [3.05, 3.63) is 29.8 Å². The van der Waals surface area contributed by atoms with Crippen LogP contribution in [-0.4, -0.2) is 11.2 Å². The van der Waals surface area contributed by atoms with Crippen LogP contribution >= 0.6 is 24.0 Å². The average Bonchev–Trinajstić information content (AvgIpc) is 2.55. The second-order valence-electron chi connectivity index (χ2n) is 1.82. The molecular weight excluding hydrogens is 174 g/mol. The van der Waals surface area contributed by atoms with Gasteiger partial charge in [-0.05, 0) is 18.4 Å². The summed E-state index contributed by atoms with van der Waals surface area (Å²) in [6, 6.07) is 8.13. The van der Waals surface area contributed by atoms with Crippen LogP contribution < -0.4 is 0 Å². The van der Waals surface area contributed by atoms with Crippen LogP contribution in [0.5, 0.6) is 0 Å². The maximum absolute atomic E-state index is 4.14. The van der Waals surface area contributed by atoms with Crippen molar-refractivity contribution in [3.63, 3.8) is 0 Å². The number of thiazole rings is 1. The predicted octanol–water partition coefficient (Wildman–Crippen LogP) is 2.84. The van der Waals surface area contributed by atoms with Gasteiger partial charge >= 0.3 is 0 Å². The van der Waals surface area contributed by atoms with Crippen LogP contribution in [0.15, 0.2) is 29.8 Å². The molecule has 0 atom stereocenters. The molecule has 0 spiro atoms. The van der Waals surface area contributed by atoms with E-state index in [1.807, 2.05) is 23.7 Å². The Hall–Kier alpha value is -0.540. The summed E-state index contributed by atoms with van der Waals surface area (Å²) in [5, 5.41) is 0. The van der Waals surface area contributed by atoms with Crippen LogP contribution in [0.2, 0.25) is 0 Å². The van der Waals surface area contributed by atoms with Gasteiger partial charge < -0.3 is 0 Å². The number of rotatable bonds is 0. The van der Waals surface area contributed by atoms with Crippen LogP contribution in [0.25, 0.3) is 10.2 Å². The van der Waals surface area contributed by atoms with Crippen molar-refractivity contribution >= 4 is 34.2 Å². The monoisotopic (exact) mass is 183 g/mol. The van der Waals surface area contributed by atoms with Gasteiger partial charge in [-0.25, -0.2) is 4.98 Å². The molecule has 1 nitrogen and oxygen atoms in total. The van der Waals surface area contributed by atoms with Gasteiger partial charge in [-0.15, -0.1) is 11.3 Å². The van der Waals surface area contributed by atoms with E-state index in [2.05, 4.69) is 23.7 Å². The Labute approximate surface area is 75.5 Å². The molecule has 0 aliphatic heterocycles. The summed E-state index contributed by atoms with van der Waals surface area (Å²) in [6.07, 6.45) is 1.69. The molecule has 1 aromatic carbocycles. The summed E-state index contributed by atoms with van der Waals surface area (Å²) >= 11 is 5.20. The van der Waals surface area contributed by atoms with Gasteiger partial charge in [-0.3, -0.25) is 0 Å². The van der Waals surface area contributed by atoms with Gasteiger partial charge in [0.25, 0.3) is 0 Å². The molecule has 0 unspecified atom stereocenters. The third-order valence-corrected chi connectivity index (χ3v) is 2.05. The van der Waals surface area contributed by atoms with Gasteiger partial charge in [0.15, 0.2) is 0 Å². The lowest BCUT2D eigenvalue weighted by Crippen LogP contribution is -1.61. The number of aromatic nitrogens is 1. The van der Waals surface area contributed by atoms with Gasteiger partial charge in [0.05, 0.1) is 15.7 Å². The minimum Gasteiger partial charge on any atom is -0.245 e. The quantitative estimate of drug-likeness (QED) is 0.620. The molecule has 0 bridgehead atoms. The van der Waals surface area contributed by atoms with E-state index in [9.17, 15) is 0 Å². The largest absolute Gasteiger partial charge is 0.245 e. The topological polar surface area (TPSA) is 12.9 Å². The molecule has 1 aromatic heterocycles. The van der Waals surface area contributed by atoms with Gasteiger partial charge in [-0.1, -0.05) is 12.1 Å². The van der Waals surface area contributed by atoms with Gasteiger partial charge in [0.1, 0.15) is 0 Å². The standard InChI is InChI=1S/C7H5NS.CH4S/c1-2-4-7-6(3-1)8-5-9-7;1-2/h1-5H;2H,1H3. The Morgan fingerprint density at radius 1 is 1.27 bits per heavy atom. The SMILES string of the molecule is CS.c1ccc2scnc2c1. The molecule has 11 heavy (non-hydrogen) atoms. The first kappa shape index (κ1) is 8.56. The highest BCUT2D eigenvalue weighted by Crippen LogP contribution is 2.15. The molecule has 0 fully saturated rings. The lowest BCUT2D eigenvalue weighted by molar-refractivity contribution is 1.50. The fourth-order valence-electron chi connectivity index (χ4n) is 0.803. The highest BCUT2D eigenvalue weighted by Gasteiger charge is 1.89. The molecule has 0 saturated carbocycles. The van der Waals surface area contributed by atoms with Gasteiger partial charge in [0.2, 0.25) is 0 Å². The highest BCUT2D eigenvalue weighted by atomic mass is 32.1. The summed E-state index contributed by atoms with van der Waals surface area (Å²) in [4.78, 5) is 4.14. The minimum atomic E-state index is 1.10. The van der Waals surface area contributed by atoms with Crippen molar-refractivity contribution in [1.82, 2.24) is 4.98 Å². The van der Waals surface area contributed by atoms with Gasteiger partial charge in [0, 0.05) is 0 Å². The molecule has 2 aromatic rings. The lowest BCUT2D eigenvalue weighted by Gasteiger charge is -1.80. The molecule has 0 radical (unpaired) electrons. The number of fused-ring (bicyclic) bond motifs is 1. The zero-order chi connectivity index (χ0) is 8.10. The Morgan fingerprint density at radius 3 is 2.73 bits per heavy atom. The Morgan fingerprint density at radius 2 is 2.00 bits per heavy atom. The molecule has 1 heterocycles. The van der Waals surface area contributed by atoms with Gasteiger partial charge in [-0.2, -0.15) is 12.6 Å².